The number of nitrogens with zero attached hydrogens (tertiary/aromatic N) is 2. The lowest BCUT2D eigenvalue weighted by Crippen LogP contribution is -2.31. The molecule has 7 nitrogen and oxygen atoms in total. The summed E-state index contributed by atoms with van der Waals surface area (Å²) in [6.45, 7) is 0.108. The fourth-order valence-corrected chi connectivity index (χ4v) is 3.70. The van der Waals surface area contributed by atoms with E-state index in [0.717, 1.165) is 35.3 Å². The predicted octanol–water partition coefficient (Wildman–Crippen LogP) is 2.89. The molecule has 0 atom stereocenters. The summed E-state index contributed by atoms with van der Waals surface area (Å²) in [7, 11) is -3.53. The van der Waals surface area contributed by atoms with Crippen LogP contribution in [0.1, 0.15) is 16.9 Å². The quantitative estimate of drug-likeness (QED) is 0.624. The Hall–Kier alpha value is -3.41. The van der Waals surface area contributed by atoms with E-state index in [-0.39, 0.29) is 18.8 Å². The van der Waals surface area contributed by atoms with Crippen molar-refractivity contribution in [3.05, 3.63) is 88.0 Å². The summed E-state index contributed by atoms with van der Waals surface area (Å²) in [6, 6.07) is 18.2. The van der Waals surface area contributed by atoms with Gasteiger partial charge in [0.15, 0.2) is 5.75 Å². The zero-order valence-electron chi connectivity index (χ0n) is 16.3. The summed E-state index contributed by atoms with van der Waals surface area (Å²) in [6.07, 6.45) is 2.47. The molecule has 1 aromatic heterocycles. The summed E-state index contributed by atoms with van der Waals surface area (Å²) in [5.74, 6) is -0.369. The third-order valence-corrected chi connectivity index (χ3v) is 5.87. The van der Waals surface area contributed by atoms with Crippen molar-refractivity contribution in [2.45, 2.75) is 13.0 Å². The Labute approximate surface area is 174 Å². The first-order chi connectivity index (χ1) is 14.3. The fourth-order valence-electron chi connectivity index (χ4n) is 2.92. The molecular weight excluding hydrogens is 404 g/mol. The van der Waals surface area contributed by atoms with Crippen LogP contribution in [0.3, 0.4) is 0 Å². The van der Waals surface area contributed by atoms with E-state index in [1.54, 1.807) is 12.1 Å². The Morgan fingerprint density at radius 3 is 2.20 bits per heavy atom. The molecule has 1 heterocycles. The second-order valence-electron chi connectivity index (χ2n) is 6.83. The predicted molar refractivity (Wildman–Crippen MR) is 112 cm³/mol. The van der Waals surface area contributed by atoms with Crippen molar-refractivity contribution in [3.63, 3.8) is 0 Å². The summed E-state index contributed by atoms with van der Waals surface area (Å²) in [5.41, 5.74) is 2.91. The molecule has 0 aliphatic carbocycles. The normalized spacial score (nSPS) is 11.4. The van der Waals surface area contributed by atoms with Gasteiger partial charge in [0.2, 0.25) is 15.5 Å². The Morgan fingerprint density at radius 1 is 1.07 bits per heavy atom. The van der Waals surface area contributed by atoms with Crippen LogP contribution in [0, 0.1) is 11.3 Å². The molecule has 0 aliphatic heterocycles. The summed E-state index contributed by atoms with van der Waals surface area (Å²) in [5, 5.41) is 18.2. The van der Waals surface area contributed by atoms with Crippen LogP contribution in [0.15, 0.2) is 70.1 Å². The molecule has 3 rings (SSSR count). The molecule has 0 unspecified atom stereocenters. The summed E-state index contributed by atoms with van der Waals surface area (Å²) < 4.78 is 30.6. The highest BCUT2D eigenvalue weighted by Crippen LogP contribution is 2.21. The van der Waals surface area contributed by atoms with E-state index in [0.29, 0.717) is 12.0 Å². The van der Waals surface area contributed by atoms with Crippen LogP contribution in [0.2, 0.25) is 0 Å². The third kappa shape index (κ3) is 5.35. The van der Waals surface area contributed by atoms with Gasteiger partial charge in [-0.1, -0.05) is 36.4 Å². The van der Waals surface area contributed by atoms with Crippen molar-refractivity contribution in [2.75, 3.05) is 12.8 Å². The largest absolute Gasteiger partial charge is 0.502 e. The minimum atomic E-state index is -3.53. The van der Waals surface area contributed by atoms with Gasteiger partial charge in [0.05, 0.1) is 24.4 Å². The lowest BCUT2D eigenvalue weighted by molar-refractivity contribution is 0.350. The zero-order valence-corrected chi connectivity index (χ0v) is 17.1. The van der Waals surface area contributed by atoms with E-state index in [1.807, 2.05) is 36.4 Å². The Bertz CT molecular complexity index is 1220. The first-order valence-corrected chi connectivity index (χ1v) is 11.0. The van der Waals surface area contributed by atoms with E-state index in [9.17, 15) is 18.3 Å². The fraction of sp³-hybridized carbons (Fsp3) is 0.182. The average Bonchev–Trinajstić information content (AvgIpc) is 2.73. The number of aromatic hydroxyl groups is 1. The van der Waals surface area contributed by atoms with Gasteiger partial charge in [-0.15, -0.1) is 0 Å². The van der Waals surface area contributed by atoms with E-state index in [4.69, 9.17) is 9.68 Å². The first kappa shape index (κ1) is 21.3. The van der Waals surface area contributed by atoms with Crippen LogP contribution >= 0.6 is 0 Å². The van der Waals surface area contributed by atoms with Crippen LogP contribution in [-0.2, 0) is 23.0 Å². The monoisotopic (exact) mass is 424 g/mol. The molecule has 0 radical (unpaired) electrons. The molecule has 1 N–H and O–H groups in total. The molecule has 3 aromatic rings. The highest BCUT2D eigenvalue weighted by molar-refractivity contribution is 7.88. The maximum atomic E-state index is 12.1. The van der Waals surface area contributed by atoms with Gasteiger partial charge in [-0.25, -0.2) is 8.42 Å². The molecule has 0 saturated carbocycles. The molecule has 0 fully saturated rings. The van der Waals surface area contributed by atoms with Gasteiger partial charge < -0.3 is 9.52 Å². The lowest BCUT2D eigenvalue weighted by Gasteiger charge is -2.19. The maximum Gasteiger partial charge on any atom is 0.226 e. The van der Waals surface area contributed by atoms with Crippen LogP contribution in [0.25, 0.3) is 11.1 Å². The molecule has 2 aromatic carbocycles. The second kappa shape index (κ2) is 8.95. The number of nitriles is 1. The van der Waals surface area contributed by atoms with E-state index < -0.39 is 21.2 Å². The molecule has 8 heteroatoms. The number of benzene rings is 2. The standard InChI is InChI=1S/C22H20N2O5S/c1-30(27,28)24(14-20-12-21(25)22(26)15-29-20)11-10-16-2-6-18(7-3-16)19-8-4-17(13-23)5-9-19/h2-9,12,15,26H,10-11,14H2,1H3. The number of sulfonamides is 1. The van der Waals surface area contributed by atoms with E-state index in [2.05, 4.69) is 6.07 Å². The van der Waals surface area contributed by atoms with E-state index in [1.165, 1.54) is 4.31 Å². The van der Waals surface area contributed by atoms with Gasteiger partial charge in [0.1, 0.15) is 12.0 Å². The van der Waals surface area contributed by atoms with E-state index >= 15 is 0 Å². The Kier molecular flexibility index (Phi) is 6.35. The van der Waals surface area contributed by atoms with Crippen LogP contribution in [-0.4, -0.2) is 30.6 Å². The topological polar surface area (TPSA) is 112 Å². The molecule has 0 bridgehead atoms. The van der Waals surface area contributed by atoms with Crippen LogP contribution in [0.5, 0.6) is 5.75 Å². The SMILES string of the molecule is CS(=O)(=O)N(CCc1ccc(-c2ccc(C#N)cc2)cc1)Cc1cc(=O)c(O)co1. The minimum absolute atomic E-state index is 0.0995. The smallest absolute Gasteiger partial charge is 0.226 e. The van der Waals surface area contributed by atoms with Crippen molar-refractivity contribution in [1.29, 1.82) is 5.26 Å². The van der Waals surface area contributed by atoms with Gasteiger partial charge >= 0.3 is 0 Å². The number of rotatable bonds is 7. The molecule has 30 heavy (non-hydrogen) atoms. The summed E-state index contributed by atoms with van der Waals surface area (Å²) in [4.78, 5) is 11.5. The van der Waals surface area contributed by atoms with Crippen molar-refractivity contribution in [3.8, 4) is 22.9 Å². The van der Waals surface area contributed by atoms with Crippen LogP contribution in [0.4, 0.5) is 0 Å². The van der Waals surface area contributed by atoms with Gasteiger partial charge in [-0.05, 0) is 35.2 Å². The molecule has 0 amide bonds. The number of hydrogen-bond donors (Lipinski definition) is 1. The third-order valence-electron chi connectivity index (χ3n) is 4.62. The molecule has 0 aliphatic rings. The summed E-state index contributed by atoms with van der Waals surface area (Å²) >= 11 is 0. The lowest BCUT2D eigenvalue weighted by atomic mass is 10.0. The number of hydrogen-bond acceptors (Lipinski definition) is 6. The first-order valence-electron chi connectivity index (χ1n) is 9.11. The highest BCUT2D eigenvalue weighted by Gasteiger charge is 2.18. The Morgan fingerprint density at radius 2 is 1.67 bits per heavy atom. The van der Waals surface area contributed by atoms with Crippen molar-refractivity contribution < 1.29 is 17.9 Å². The van der Waals surface area contributed by atoms with Crippen molar-refractivity contribution in [2.24, 2.45) is 0 Å². The second-order valence-corrected chi connectivity index (χ2v) is 8.81. The maximum absolute atomic E-state index is 12.1. The minimum Gasteiger partial charge on any atom is -0.502 e. The zero-order chi connectivity index (χ0) is 21.7. The van der Waals surface area contributed by atoms with Gasteiger partial charge in [0, 0.05) is 12.6 Å². The highest BCUT2D eigenvalue weighted by atomic mass is 32.2. The molecule has 154 valence electrons. The van der Waals surface area contributed by atoms with Crippen molar-refractivity contribution in [1.82, 2.24) is 4.31 Å². The molecule has 0 spiro atoms. The van der Waals surface area contributed by atoms with Gasteiger partial charge in [0.25, 0.3) is 0 Å². The van der Waals surface area contributed by atoms with Crippen LogP contribution < -0.4 is 5.43 Å². The average molecular weight is 424 g/mol. The molecule has 0 saturated heterocycles. The van der Waals surface area contributed by atoms with Crippen molar-refractivity contribution >= 4 is 10.0 Å². The van der Waals surface area contributed by atoms with Gasteiger partial charge in [-0.3, -0.25) is 4.79 Å². The van der Waals surface area contributed by atoms with Gasteiger partial charge in [-0.2, -0.15) is 9.57 Å². The Balaban J connectivity index is 1.70. The molecular formula is C22H20N2O5S.